The normalized spacial score (nSPS) is 18.8. The minimum Gasteiger partial charge on any atom is -0.315 e. The predicted octanol–water partition coefficient (Wildman–Crippen LogP) is 0.589. The molecule has 1 aliphatic rings. The van der Waals surface area contributed by atoms with Crippen molar-refractivity contribution in [1.82, 2.24) is 14.8 Å². The van der Waals surface area contributed by atoms with Crippen molar-refractivity contribution < 1.29 is 30.0 Å². The molecule has 3 N–H and O–H groups in total. The van der Waals surface area contributed by atoms with Gasteiger partial charge in [0.15, 0.2) is 0 Å². The number of rotatable bonds is 6. The number of alkyl halides is 3. The zero-order valence-electron chi connectivity index (χ0n) is 12.7. The molecule has 0 spiro atoms. The highest BCUT2D eigenvalue weighted by atomic mass is 35.5. The molecule has 0 saturated carbocycles. The lowest BCUT2D eigenvalue weighted by molar-refractivity contribution is -0.121. The molecule has 0 amide bonds. The van der Waals surface area contributed by atoms with Crippen LogP contribution >= 0.6 is 12.4 Å². The standard InChI is InChI=1S/C12H16F3N3O4S2.ClH/c13-12(14,15)8-17-23(19,20)10-1-3-11(4-2-10)24(21,22)18-9-5-6-16-7-9;/h1-4,9,16-18H,5-8H2;1H. The van der Waals surface area contributed by atoms with Crippen molar-refractivity contribution in [2.75, 3.05) is 19.6 Å². The highest BCUT2D eigenvalue weighted by Crippen LogP contribution is 2.17. The second-order valence-electron chi connectivity index (χ2n) is 5.22. The van der Waals surface area contributed by atoms with E-state index in [0.29, 0.717) is 19.5 Å². The monoisotopic (exact) mass is 423 g/mol. The van der Waals surface area contributed by atoms with Crippen LogP contribution < -0.4 is 14.8 Å². The van der Waals surface area contributed by atoms with Gasteiger partial charge < -0.3 is 5.32 Å². The van der Waals surface area contributed by atoms with Gasteiger partial charge >= 0.3 is 6.18 Å². The van der Waals surface area contributed by atoms with E-state index in [0.717, 1.165) is 24.3 Å². The molecule has 1 fully saturated rings. The molecular formula is C12H17ClF3N3O4S2. The van der Waals surface area contributed by atoms with Crippen LogP contribution in [0, 0.1) is 0 Å². The van der Waals surface area contributed by atoms with Crippen molar-refractivity contribution in [3.05, 3.63) is 24.3 Å². The summed E-state index contributed by atoms with van der Waals surface area (Å²) in [7, 11) is -8.20. The van der Waals surface area contributed by atoms with Gasteiger partial charge in [-0.15, -0.1) is 12.4 Å². The van der Waals surface area contributed by atoms with Gasteiger partial charge in [-0.3, -0.25) is 0 Å². The minimum atomic E-state index is -4.68. The van der Waals surface area contributed by atoms with Crippen LogP contribution in [-0.4, -0.2) is 48.7 Å². The molecule has 0 radical (unpaired) electrons. The second-order valence-corrected chi connectivity index (χ2v) is 8.70. The minimum absolute atomic E-state index is 0. The average molecular weight is 424 g/mol. The van der Waals surface area contributed by atoms with Gasteiger partial charge in [0.1, 0.15) is 6.54 Å². The van der Waals surface area contributed by atoms with E-state index in [9.17, 15) is 30.0 Å². The van der Waals surface area contributed by atoms with Gasteiger partial charge in [-0.25, -0.2) is 26.3 Å². The molecule has 1 aromatic carbocycles. The van der Waals surface area contributed by atoms with Crippen molar-refractivity contribution in [3.63, 3.8) is 0 Å². The summed E-state index contributed by atoms with van der Waals surface area (Å²) in [6, 6.07) is 3.70. The first-order valence-electron chi connectivity index (χ1n) is 6.89. The Balaban J connectivity index is 0.00000312. The number of hydrogen-bond donors (Lipinski definition) is 3. The van der Waals surface area contributed by atoms with Crippen LogP contribution in [0.1, 0.15) is 6.42 Å². The fourth-order valence-electron chi connectivity index (χ4n) is 2.10. The highest BCUT2D eigenvalue weighted by Gasteiger charge is 2.30. The molecule has 25 heavy (non-hydrogen) atoms. The highest BCUT2D eigenvalue weighted by molar-refractivity contribution is 7.90. The maximum absolute atomic E-state index is 12.2. The molecule has 144 valence electrons. The largest absolute Gasteiger partial charge is 0.402 e. The maximum Gasteiger partial charge on any atom is 0.402 e. The molecule has 0 bridgehead atoms. The SMILES string of the molecule is Cl.O=S(=O)(NCC(F)(F)F)c1ccc(S(=O)(=O)NC2CCNC2)cc1. The lowest BCUT2D eigenvalue weighted by atomic mass is 10.3. The topological polar surface area (TPSA) is 104 Å². The van der Waals surface area contributed by atoms with Crippen LogP contribution in [-0.2, 0) is 20.0 Å². The Labute approximate surface area is 149 Å². The first-order valence-corrected chi connectivity index (χ1v) is 9.86. The molecule has 1 unspecified atom stereocenters. The molecule has 7 nitrogen and oxygen atoms in total. The quantitative estimate of drug-likeness (QED) is 0.621. The van der Waals surface area contributed by atoms with Crippen LogP contribution in [0.4, 0.5) is 13.2 Å². The summed E-state index contributed by atoms with van der Waals surface area (Å²) in [5, 5.41) is 3.00. The van der Waals surface area contributed by atoms with Crippen LogP contribution in [0.5, 0.6) is 0 Å². The summed E-state index contributed by atoms with van der Waals surface area (Å²) in [5.41, 5.74) is 0. The van der Waals surface area contributed by atoms with Crippen LogP contribution in [0.25, 0.3) is 0 Å². The van der Waals surface area contributed by atoms with E-state index < -0.39 is 37.7 Å². The number of sulfonamides is 2. The molecule has 2 rings (SSSR count). The molecule has 1 atom stereocenters. The third kappa shape index (κ3) is 6.38. The first kappa shape index (κ1) is 22.1. The number of hydrogen-bond acceptors (Lipinski definition) is 5. The van der Waals surface area contributed by atoms with Crippen LogP contribution in [0.15, 0.2) is 34.1 Å². The van der Waals surface area contributed by atoms with Gasteiger partial charge in [0.05, 0.1) is 9.79 Å². The summed E-state index contributed by atoms with van der Waals surface area (Å²) in [4.78, 5) is -0.614. The summed E-state index contributed by atoms with van der Waals surface area (Å²) in [6.45, 7) is -0.520. The van der Waals surface area contributed by atoms with Gasteiger partial charge in [0, 0.05) is 12.6 Å². The van der Waals surface area contributed by atoms with E-state index in [2.05, 4.69) is 10.0 Å². The molecule has 1 aromatic rings. The smallest absolute Gasteiger partial charge is 0.315 e. The summed E-state index contributed by atoms with van der Waals surface area (Å²) in [5.74, 6) is 0. The molecule has 0 aromatic heterocycles. The Bertz CT molecular complexity index is 777. The van der Waals surface area contributed by atoms with Gasteiger partial charge in [0.2, 0.25) is 20.0 Å². The van der Waals surface area contributed by atoms with E-state index in [1.807, 2.05) is 0 Å². The summed E-state index contributed by atoms with van der Waals surface area (Å²) < 4.78 is 87.9. The Morgan fingerprint density at radius 2 is 1.56 bits per heavy atom. The van der Waals surface area contributed by atoms with Crippen molar-refractivity contribution in [2.24, 2.45) is 0 Å². The van der Waals surface area contributed by atoms with Gasteiger partial charge in [-0.1, -0.05) is 0 Å². The molecule has 1 saturated heterocycles. The van der Waals surface area contributed by atoms with E-state index in [-0.39, 0.29) is 23.3 Å². The van der Waals surface area contributed by atoms with E-state index in [1.165, 1.54) is 4.72 Å². The van der Waals surface area contributed by atoms with Crippen molar-refractivity contribution in [3.8, 4) is 0 Å². The first-order chi connectivity index (χ1) is 11.0. The third-order valence-electron chi connectivity index (χ3n) is 3.29. The predicted molar refractivity (Wildman–Crippen MR) is 86.5 cm³/mol. The lowest BCUT2D eigenvalue weighted by Crippen LogP contribution is -2.36. The number of benzene rings is 1. The number of halogens is 4. The Morgan fingerprint density at radius 3 is 2.00 bits per heavy atom. The number of nitrogens with one attached hydrogen (secondary N) is 3. The van der Waals surface area contributed by atoms with E-state index >= 15 is 0 Å². The maximum atomic E-state index is 12.2. The second kappa shape index (κ2) is 8.18. The zero-order chi connectivity index (χ0) is 18.0. The van der Waals surface area contributed by atoms with E-state index in [4.69, 9.17) is 0 Å². The zero-order valence-corrected chi connectivity index (χ0v) is 15.2. The Hall–Kier alpha value is -0.920. The van der Waals surface area contributed by atoms with Crippen LogP contribution in [0.2, 0.25) is 0 Å². The third-order valence-corrected chi connectivity index (χ3v) is 6.24. The van der Waals surface area contributed by atoms with Gasteiger partial charge in [-0.2, -0.15) is 13.2 Å². The molecule has 1 heterocycles. The van der Waals surface area contributed by atoms with Crippen molar-refractivity contribution in [2.45, 2.75) is 28.4 Å². The van der Waals surface area contributed by atoms with E-state index in [1.54, 1.807) is 0 Å². The van der Waals surface area contributed by atoms with Crippen LogP contribution in [0.3, 0.4) is 0 Å². The lowest BCUT2D eigenvalue weighted by Gasteiger charge is -2.13. The average Bonchev–Trinajstić information content (AvgIpc) is 2.97. The molecular weight excluding hydrogens is 407 g/mol. The Morgan fingerprint density at radius 1 is 1.04 bits per heavy atom. The fourth-order valence-corrected chi connectivity index (χ4v) is 4.39. The molecule has 1 aliphatic heterocycles. The Kier molecular flexibility index (Phi) is 7.24. The molecule has 13 heteroatoms. The van der Waals surface area contributed by atoms with Gasteiger partial charge in [-0.05, 0) is 37.2 Å². The summed E-state index contributed by atoms with van der Waals surface area (Å²) in [6.07, 6.45) is -4.05. The van der Waals surface area contributed by atoms with Crippen molar-refractivity contribution in [1.29, 1.82) is 0 Å². The molecule has 0 aliphatic carbocycles. The fraction of sp³-hybridized carbons (Fsp3) is 0.500. The summed E-state index contributed by atoms with van der Waals surface area (Å²) >= 11 is 0. The van der Waals surface area contributed by atoms with Gasteiger partial charge in [0.25, 0.3) is 0 Å². The van der Waals surface area contributed by atoms with Crippen molar-refractivity contribution >= 4 is 32.5 Å².